The molecule has 8 heteroatoms. The first-order valence-corrected chi connectivity index (χ1v) is 13.1. The van der Waals surface area contributed by atoms with Crippen LogP contribution in [0.15, 0.2) is 22.4 Å². The Morgan fingerprint density at radius 2 is 1.38 bits per heavy atom. The first-order valence-electron chi connectivity index (χ1n) is 9.44. The van der Waals surface area contributed by atoms with Gasteiger partial charge in [0.15, 0.2) is 0 Å². The molecule has 0 aromatic carbocycles. The van der Waals surface area contributed by atoms with Crippen molar-refractivity contribution in [3.8, 4) is 0 Å². The maximum Gasteiger partial charge on any atom is 0.536 e. The lowest BCUT2D eigenvalue weighted by Crippen LogP contribution is -2.46. The molecule has 0 saturated carbocycles. The Kier molecular flexibility index (Phi) is 10.5. The highest BCUT2D eigenvalue weighted by atomic mass is 28.4. The van der Waals surface area contributed by atoms with Gasteiger partial charge in [-0.25, -0.2) is 0 Å². The van der Waals surface area contributed by atoms with Crippen molar-refractivity contribution in [1.82, 2.24) is 0 Å². The summed E-state index contributed by atoms with van der Waals surface area (Å²) in [6, 6.07) is 0.829. The third-order valence-electron chi connectivity index (χ3n) is 4.68. The third-order valence-corrected chi connectivity index (χ3v) is 10.7. The van der Waals surface area contributed by atoms with E-state index in [0.717, 1.165) is 30.5 Å². The largest absolute Gasteiger partial charge is 0.536 e. The second-order valence-corrected chi connectivity index (χ2v) is 11.7. The molecule has 152 valence electrons. The highest BCUT2D eigenvalue weighted by molar-refractivity contribution is 6.70. The monoisotopic (exact) mass is 404 g/mol. The summed E-state index contributed by atoms with van der Waals surface area (Å²) in [5, 5.41) is 1.09. The summed E-state index contributed by atoms with van der Waals surface area (Å²) in [5.74, 6) is 0. The van der Waals surface area contributed by atoms with E-state index in [1.54, 1.807) is 21.3 Å². The molecule has 0 saturated heterocycles. The van der Waals surface area contributed by atoms with Crippen molar-refractivity contribution in [3.05, 3.63) is 22.4 Å². The fraction of sp³-hybridized carbons (Fsp3) is 0.778. The van der Waals surface area contributed by atoms with Crippen LogP contribution in [0, 0.1) is 0 Å². The zero-order valence-electron chi connectivity index (χ0n) is 17.5. The van der Waals surface area contributed by atoms with Crippen molar-refractivity contribution in [2.75, 3.05) is 41.2 Å². The summed E-state index contributed by atoms with van der Waals surface area (Å²) in [4.78, 5) is 0. The minimum atomic E-state index is -2.77. The van der Waals surface area contributed by atoms with Gasteiger partial charge in [0.25, 0.3) is 0 Å². The molecule has 0 fully saturated rings. The molecule has 0 aromatic heterocycles. The van der Waals surface area contributed by atoms with E-state index in [4.69, 9.17) is 26.6 Å². The Morgan fingerprint density at radius 1 is 0.885 bits per heavy atom. The van der Waals surface area contributed by atoms with Crippen molar-refractivity contribution in [3.63, 3.8) is 0 Å². The average molecular weight is 405 g/mol. The molecule has 0 radical (unpaired) electrons. The van der Waals surface area contributed by atoms with E-state index < -0.39 is 17.6 Å². The number of allylic oxidation sites excluding steroid dienone is 4. The van der Waals surface area contributed by atoms with E-state index in [2.05, 4.69) is 13.0 Å². The molecular weight excluding hydrogens is 368 g/mol. The minimum absolute atomic E-state index is 0.614. The predicted molar refractivity (Wildman–Crippen MR) is 107 cm³/mol. The third kappa shape index (κ3) is 5.59. The lowest BCUT2D eigenvalue weighted by atomic mass is 10.1. The number of rotatable bonds is 14. The van der Waals surface area contributed by atoms with E-state index in [1.165, 1.54) is 11.1 Å². The van der Waals surface area contributed by atoms with Gasteiger partial charge in [-0.2, -0.15) is 0 Å². The van der Waals surface area contributed by atoms with E-state index in [-0.39, 0.29) is 0 Å². The summed E-state index contributed by atoms with van der Waals surface area (Å²) < 4.78 is 34.7. The van der Waals surface area contributed by atoms with Crippen LogP contribution in [0.4, 0.5) is 0 Å². The zero-order chi connectivity index (χ0) is 19.6. The summed E-state index contributed by atoms with van der Waals surface area (Å²) in [5.41, 5.74) is 2.63. The van der Waals surface area contributed by atoms with E-state index in [1.807, 2.05) is 20.8 Å². The van der Waals surface area contributed by atoms with Gasteiger partial charge >= 0.3 is 17.6 Å². The Balaban J connectivity index is 2.78. The quantitative estimate of drug-likeness (QED) is 0.410. The van der Waals surface area contributed by atoms with Crippen LogP contribution in [-0.2, 0) is 26.6 Å². The molecular formula is C18H36O6Si2. The second-order valence-electron chi connectivity index (χ2n) is 6.05. The fourth-order valence-corrected chi connectivity index (χ4v) is 8.23. The summed E-state index contributed by atoms with van der Waals surface area (Å²) in [6.07, 6.45) is 5.06. The van der Waals surface area contributed by atoms with Crippen LogP contribution >= 0.6 is 0 Å². The molecule has 0 aliphatic heterocycles. The van der Waals surface area contributed by atoms with Gasteiger partial charge in [-0.05, 0) is 52.5 Å². The van der Waals surface area contributed by atoms with Crippen LogP contribution in [0.25, 0.3) is 0 Å². The summed E-state index contributed by atoms with van der Waals surface area (Å²) in [7, 11) is -0.383. The highest BCUT2D eigenvalue weighted by Gasteiger charge is 2.45. The van der Waals surface area contributed by atoms with Crippen molar-refractivity contribution in [2.45, 2.75) is 53.0 Å². The minimum Gasteiger partial charge on any atom is -0.374 e. The molecule has 0 N–H and O–H groups in total. The zero-order valence-corrected chi connectivity index (χ0v) is 19.5. The Bertz CT molecular complexity index is 463. The molecule has 0 amide bonds. The molecule has 1 aliphatic rings. The van der Waals surface area contributed by atoms with Gasteiger partial charge in [0, 0.05) is 52.4 Å². The van der Waals surface area contributed by atoms with E-state index >= 15 is 0 Å². The number of hydrogen-bond donors (Lipinski definition) is 0. The van der Waals surface area contributed by atoms with Crippen LogP contribution in [0.1, 0.15) is 47.0 Å². The SMILES string of the molecule is CCO[Si](CCCC1=C(C)C([Si](OC)(OC)OC)=CC1)(OCC)OCC. The van der Waals surface area contributed by atoms with Crippen molar-refractivity contribution < 1.29 is 26.6 Å². The number of hydrogen-bond acceptors (Lipinski definition) is 6. The lowest BCUT2D eigenvalue weighted by molar-refractivity contribution is 0.0708. The van der Waals surface area contributed by atoms with Gasteiger partial charge in [-0.3, -0.25) is 0 Å². The normalized spacial score (nSPS) is 15.7. The van der Waals surface area contributed by atoms with Crippen LogP contribution < -0.4 is 0 Å². The van der Waals surface area contributed by atoms with Crippen LogP contribution in [0.5, 0.6) is 0 Å². The van der Waals surface area contributed by atoms with Gasteiger partial charge in [0.05, 0.1) is 0 Å². The average Bonchev–Trinajstić information content (AvgIpc) is 2.99. The molecule has 0 unspecified atom stereocenters. The van der Waals surface area contributed by atoms with E-state index in [0.29, 0.717) is 19.8 Å². The second kappa shape index (κ2) is 11.5. The molecule has 6 nitrogen and oxygen atoms in total. The van der Waals surface area contributed by atoms with Crippen LogP contribution in [-0.4, -0.2) is 58.8 Å². The van der Waals surface area contributed by atoms with Crippen molar-refractivity contribution in [2.24, 2.45) is 0 Å². The van der Waals surface area contributed by atoms with Gasteiger partial charge in [-0.15, -0.1) is 0 Å². The smallest absolute Gasteiger partial charge is 0.374 e. The topological polar surface area (TPSA) is 55.4 Å². The van der Waals surface area contributed by atoms with E-state index in [9.17, 15) is 0 Å². The lowest BCUT2D eigenvalue weighted by Gasteiger charge is -2.28. The molecule has 0 heterocycles. The van der Waals surface area contributed by atoms with Gasteiger partial charge in [0.2, 0.25) is 0 Å². The van der Waals surface area contributed by atoms with Crippen molar-refractivity contribution >= 4 is 17.6 Å². The molecule has 26 heavy (non-hydrogen) atoms. The predicted octanol–water partition coefficient (Wildman–Crippen LogP) is 3.88. The molecule has 0 aromatic rings. The summed E-state index contributed by atoms with van der Waals surface area (Å²) >= 11 is 0. The fourth-order valence-electron chi connectivity index (χ4n) is 3.47. The molecule has 0 spiro atoms. The Labute approximate surface area is 161 Å². The molecule has 0 atom stereocenters. The Hall–Kier alpha value is -0.326. The maximum absolute atomic E-state index is 5.94. The standard InChI is InChI=1S/C18H36O6Si2/c1-8-22-25(23-9-2,24-10-3)15-11-12-17-13-14-18(16(17)4)26(19-5,20-6)21-7/h14H,8-13,15H2,1-7H3. The Morgan fingerprint density at radius 3 is 1.81 bits per heavy atom. The summed E-state index contributed by atoms with van der Waals surface area (Å²) in [6.45, 7) is 9.94. The highest BCUT2D eigenvalue weighted by Crippen LogP contribution is 2.36. The molecule has 1 rings (SSSR count). The van der Waals surface area contributed by atoms with Crippen molar-refractivity contribution in [1.29, 1.82) is 0 Å². The first kappa shape index (κ1) is 23.7. The van der Waals surface area contributed by atoms with Crippen LogP contribution in [0.2, 0.25) is 6.04 Å². The van der Waals surface area contributed by atoms with Gasteiger partial charge < -0.3 is 26.6 Å². The van der Waals surface area contributed by atoms with Gasteiger partial charge in [0.1, 0.15) is 0 Å². The first-order chi connectivity index (χ1) is 12.5. The maximum atomic E-state index is 5.94. The van der Waals surface area contributed by atoms with Gasteiger partial charge in [-0.1, -0.05) is 11.6 Å². The molecule has 0 bridgehead atoms. The van der Waals surface area contributed by atoms with Crippen LogP contribution in [0.3, 0.4) is 0 Å². The molecule has 1 aliphatic carbocycles.